The predicted molar refractivity (Wildman–Crippen MR) is 51.6 cm³/mol. The van der Waals surface area contributed by atoms with Crippen LogP contribution in [0.15, 0.2) is 24.3 Å². The normalized spacial score (nSPS) is 10.1. The molecule has 0 aliphatic carbocycles. The van der Waals surface area contributed by atoms with Crippen LogP contribution in [0.25, 0.3) is 0 Å². The minimum absolute atomic E-state index is 0.0909. The summed E-state index contributed by atoms with van der Waals surface area (Å²) in [5.74, 6) is -1.00. The molecule has 0 saturated heterocycles. The van der Waals surface area contributed by atoms with Crippen LogP contribution >= 0.6 is 11.6 Å². The summed E-state index contributed by atoms with van der Waals surface area (Å²) in [6.07, 6.45) is 0.0909. The Balaban J connectivity index is 2.25. The van der Waals surface area contributed by atoms with Gasteiger partial charge < -0.3 is 15.2 Å². The summed E-state index contributed by atoms with van der Waals surface area (Å²) in [4.78, 5) is 10.1. The molecule has 0 heterocycles. The fourth-order valence-corrected chi connectivity index (χ4v) is 1.24. The lowest BCUT2D eigenvalue weighted by Gasteiger charge is -2.02. The second-order valence-electron chi connectivity index (χ2n) is 3.03. The topological polar surface area (TPSA) is 56.7 Å². The molecule has 1 rings (SSSR count). The highest BCUT2D eigenvalue weighted by Crippen LogP contribution is 2.08. The Morgan fingerprint density at radius 3 is 2.57 bits per heavy atom. The number of carboxylic acids is 1. The number of quaternary nitrogens is 1. The molecule has 0 amide bonds. The van der Waals surface area contributed by atoms with Gasteiger partial charge in [-0.05, 0) is 12.1 Å². The third kappa shape index (κ3) is 4.25. The molecule has 0 aliphatic heterocycles. The van der Waals surface area contributed by atoms with E-state index < -0.39 is 5.97 Å². The lowest BCUT2D eigenvalue weighted by atomic mass is 10.2. The molecular weight excluding hydrogens is 202 g/mol. The smallest absolute Gasteiger partial charge is 0.101 e. The summed E-state index contributed by atoms with van der Waals surface area (Å²) in [7, 11) is 0. The van der Waals surface area contributed by atoms with Gasteiger partial charge in [0.1, 0.15) is 6.54 Å². The van der Waals surface area contributed by atoms with E-state index in [1.165, 1.54) is 0 Å². The fraction of sp³-hybridized carbons (Fsp3) is 0.300. The third-order valence-electron chi connectivity index (χ3n) is 1.85. The minimum Gasteiger partial charge on any atom is -0.550 e. The van der Waals surface area contributed by atoms with Crippen molar-refractivity contribution in [1.82, 2.24) is 0 Å². The van der Waals surface area contributed by atoms with Crippen molar-refractivity contribution in [2.24, 2.45) is 0 Å². The van der Waals surface area contributed by atoms with Crippen molar-refractivity contribution in [3.8, 4) is 0 Å². The van der Waals surface area contributed by atoms with Crippen LogP contribution in [0.5, 0.6) is 0 Å². The van der Waals surface area contributed by atoms with Gasteiger partial charge in [-0.2, -0.15) is 0 Å². The highest BCUT2D eigenvalue weighted by Gasteiger charge is 1.95. The van der Waals surface area contributed by atoms with Crippen LogP contribution in [-0.4, -0.2) is 12.5 Å². The average Bonchev–Trinajstić information content (AvgIpc) is 2.15. The highest BCUT2D eigenvalue weighted by molar-refractivity contribution is 6.30. The van der Waals surface area contributed by atoms with E-state index in [9.17, 15) is 9.90 Å². The maximum Gasteiger partial charge on any atom is 0.101 e. The number of carbonyl (C=O) groups is 1. The Labute approximate surface area is 87.7 Å². The molecule has 0 aliphatic rings. The maximum absolute atomic E-state index is 10.1. The van der Waals surface area contributed by atoms with Crippen LogP contribution in [0.2, 0.25) is 5.02 Å². The molecule has 0 aromatic heterocycles. The Morgan fingerprint density at radius 2 is 2.00 bits per heavy atom. The Kier molecular flexibility index (Phi) is 4.43. The fourth-order valence-electron chi connectivity index (χ4n) is 1.11. The summed E-state index contributed by atoms with van der Waals surface area (Å²) < 4.78 is 0. The number of nitrogens with two attached hydrogens (primary N) is 1. The monoisotopic (exact) mass is 213 g/mol. The zero-order valence-corrected chi connectivity index (χ0v) is 8.46. The predicted octanol–water partition coefficient (Wildman–Crippen LogP) is -0.457. The molecule has 3 nitrogen and oxygen atoms in total. The van der Waals surface area contributed by atoms with E-state index in [0.29, 0.717) is 11.6 Å². The SMILES string of the molecule is O=C([O-])CC[NH2+]Cc1ccc(Cl)cc1. The van der Waals surface area contributed by atoms with E-state index in [2.05, 4.69) is 0 Å². The maximum atomic E-state index is 10.1. The van der Waals surface area contributed by atoms with Gasteiger partial charge in [0, 0.05) is 23.0 Å². The van der Waals surface area contributed by atoms with Crippen molar-refractivity contribution in [3.05, 3.63) is 34.9 Å². The number of carboxylic acid groups (broad SMARTS) is 1. The molecule has 0 unspecified atom stereocenters. The molecule has 2 N–H and O–H groups in total. The summed E-state index contributed by atoms with van der Waals surface area (Å²) >= 11 is 5.72. The number of benzene rings is 1. The van der Waals surface area contributed by atoms with Gasteiger partial charge in [-0.25, -0.2) is 0 Å². The Morgan fingerprint density at radius 1 is 1.36 bits per heavy atom. The number of hydrogen-bond acceptors (Lipinski definition) is 2. The van der Waals surface area contributed by atoms with Gasteiger partial charge in [0.05, 0.1) is 6.54 Å². The Hall–Kier alpha value is -1.06. The van der Waals surface area contributed by atoms with E-state index in [1.807, 2.05) is 29.6 Å². The summed E-state index contributed by atoms with van der Waals surface area (Å²) in [5, 5.41) is 12.7. The Bertz CT molecular complexity index is 297. The molecule has 76 valence electrons. The highest BCUT2D eigenvalue weighted by atomic mass is 35.5. The molecular formula is C10H12ClNO2. The average molecular weight is 214 g/mol. The van der Waals surface area contributed by atoms with Crippen molar-refractivity contribution in [1.29, 1.82) is 0 Å². The molecule has 0 radical (unpaired) electrons. The van der Waals surface area contributed by atoms with E-state index in [-0.39, 0.29) is 6.42 Å². The van der Waals surface area contributed by atoms with Gasteiger partial charge in [-0.1, -0.05) is 23.7 Å². The van der Waals surface area contributed by atoms with E-state index >= 15 is 0 Å². The second-order valence-corrected chi connectivity index (χ2v) is 3.47. The first kappa shape index (κ1) is 11.0. The zero-order valence-electron chi connectivity index (χ0n) is 7.70. The molecule has 14 heavy (non-hydrogen) atoms. The molecule has 0 saturated carbocycles. The largest absolute Gasteiger partial charge is 0.550 e. The molecule has 0 spiro atoms. The zero-order chi connectivity index (χ0) is 10.4. The second kappa shape index (κ2) is 5.62. The van der Waals surface area contributed by atoms with Crippen molar-refractivity contribution < 1.29 is 15.2 Å². The third-order valence-corrected chi connectivity index (χ3v) is 2.10. The lowest BCUT2D eigenvalue weighted by molar-refractivity contribution is -0.670. The molecule has 0 bridgehead atoms. The standard InChI is InChI=1S/C10H12ClNO2/c11-9-3-1-8(2-4-9)7-12-6-5-10(13)14/h1-4,12H,5-7H2,(H,13,14). The molecule has 1 aromatic carbocycles. The number of hydrogen-bond donors (Lipinski definition) is 1. The first-order valence-electron chi connectivity index (χ1n) is 4.44. The summed E-state index contributed by atoms with van der Waals surface area (Å²) in [6, 6.07) is 7.50. The first-order valence-corrected chi connectivity index (χ1v) is 4.82. The van der Waals surface area contributed by atoms with E-state index in [1.54, 1.807) is 0 Å². The molecule has 1 aromatic rings. The van der Waals surface area contributed by atoms with Crippen LogP contribution in [0.3, 0.4) is 0 Å². The molecule has 4 heteroatoms. The van der Waals surface area contributed by atoms with Crippen LogP contribution in [0.1, 0.15) is 12.0 Å². The van der Waals surface area contributed by atoms with Crippen molar-refractivity contribution in [3.63, 3.8) is 0 Å². The lowest BCUT2D eigenvalue weighted by Crippen LogP contribution is -2.83. The quantitative estimate of drug-likeness (QED) is 0.674. The van der Waals surface area contributed by atoms with Gasteiger partial charge in [0.2, 0.25) is 0 Å². The van der Waals surface area contributed by atoms with Crippen LogP contribution in [-0.2, 0) is 11.3 Å². The van der Waals surface area contributed by atoms with Crippen LogP contribution < -0.4 is 10.4 Å². The van der Waals surface area contributed by atoms with Crippen LogP contribution in [0.4, 0.5) is 0 Å². The molecule has 0 fully saturated rings. The number of halogens is 1. The van der Waals surface area contributed by atoms with Crippen LogP contribution in [0, 0.1) is 0 Å². The number of carbonyl (C=O) groups excluding carboxylic acids is 1. The van der Waals surface area contributed by atoms with E-state index in [0.717, 1.165) is 12.1 Å². The number of rotatable bonds is 5. The van der Waals surface area contributed by atoms with Crippen molar-refractivity contribution in [2.75, 3.05) is 6.54 Å². The van der Waals surface area contributed by atoms with Gasteiger partial charge in [-0.15, -0.1) is 0 Å². The summed E-state index contributed by atoms with van der Waals surface area (Å²) in [6.45, 7) is 1.31. The minimum atomic E-state index is -1.00. The van der Waals surface area contributed by atoms with Gasteiger partial charge in [-0.3, -0.25) is 0 Å². The van der Waals surface area contributed by atoms with Gasteiger partial charge >= 0.3 is 0 Å². The van der Waals surface area contributed by atoms with Crippen molar-refractivity contribution >= 4 is 17.6 Å². The number of aliphatic carboxylic acids is 1. The van der Waals surface area contributed by atoms with Gasteiger partial charge in [0.25, 0.3) is 0 Å². The van der Waals surface area contributed by atoms with Gasteiger partial charge in [0.15, 0.2) is 0 Å². The summed E-state index contributed by atoms with van der Waals surface area (Å²) in [5.41, 5.74) is 1.13. The first-order chi connectivity index (χ1) is 6.68. The molecule has 0 atom stereocenters. The van der Waals surface area contributed by atoms with Crippen molar-refractivity contribution in [2.45, 2.75) is 13.0 Å². The van der Waals surface area contributed by atoms with E-state index in [4.69, 9.17) is 11.6 Å².